The highest BCUT2D eigenvalue weighted by Crippen LogP contribution is 2.19. The first kappa shape index (κ1) is 15.1. The summed E-state index contributed by atoms with van der Waals surface area (Å²) in [7, 11) is 2.99. The van der Waals surface area contributed by atoms with Crippen molar-refractivity contribution in [1.82, 2.24) is 5.32 Å². The van der Waals surface area contributed by atoms with E-state index in [0.29, 0.717) is 17.9 Å². The first-order valence-corrected chi connectivity index (χ1v) is 6.67. The fourth-order valence-corrected chi connectivity index (χ4v) is 1.98. The van der Waals surface area contributed by atoms with Crippen molar-refractivity contribution in [2.24, 2.45) is 0 Å². The van der Waals surface area contributed by atoms with Gasteiger partial charge in [-0.15, -0.1) is 0 Å². The normalized spacial score (nSPS) is 12.0. The highest BCUT2D eigenvalue weighted by Gasteiger charge is 2.11. The number of hydrogen-bond donors (Lipinski definition) is 1. The third-order valence-electron chi connectivity index (χ3n) is 3.25. The van der Waals surface area contributed by atoms with E-state index in [1.54, 1.807) is 13.2 Å². The third-order valence-corrected chi connectivity index (χ3v) is 3.25. The zero-order valence-electron chi connectivity index (χ0n) is 12.4. The highest BCUT2D eigenvalue weighted by molar-refractivity contribution is 5.88. The van der Waals surface area contributed by atoms with Crippen molar-refractivity contribution in [3.05, 3.63) is 53.5 Å². The van der Waals surface area contributed by atoms with Gasteiger partial charge in [-0.25, -0.2) is 4.79 Å². The standard InChI is InChI=1S/C16H19NO4/c1-11(12-5-4-6-14(7-12)19-2)17-9-15-8-13(10-21-15)16(18)20-3/h4-8,10-11,17H,9H2,1-3H3/t11-/m1/s1. The maximum absolute atomic E-state index is 11.3. The van der Waals surface area contributed by atoms with Gasteiger partial charge < -0.3 is 19.2 Å². The molecule has 21 heavy (non-hydrogen) atoms. The molecular formula is C16H19NO4. The Morgan fingerprint density at radius 3 is 2.86 bits per heavy atom. The summed E-state index contributed by atoms with van der Waals surface area (Å²) in [5.41, 5.74) is 1.54. The van der Waals surface area contributed by atoms with E-state index in [4.69, 9.17) is 9.15 Å². The fraction of sp³-hybridized carbons (Fsp3) is 0.312. The molecule has 1 heterocycles. The topological polar surface area (TPSA) is 60.7 Å². The Balaban J connectivity index is 1.95. The van der Waals surface area contributed by atoms with Gasteiger partial charge in [0.1, 0.15) is 17.8 Å². The lowest BCUT2D eigenvalue weighted by Crippen LogP contribution is -2.17. The van der Waals surface area contributed by atoms with Crippen molar-refractivity contribution < 1.29 is 18.7 Å². The molecule has 0 aliphatic rings. The molecule has 0 saturated heterocycles. The van der Waals surface area contributed by atoms with Crippen LogP contribution in [0.2, 0.25) is 0 Å². The van der Waals surface area contributed by atoms with Gasteiger partial charge in [0.2, 0.25) is 0 Å². The molecule has 2 rings (SSSR count). The number of furan rings is 1. The molecule has 0 aliphatic heterocycles. The molecule has 0 fully saturated rings. The van der Waals surface area contributed by atoms with Crippen molar-refractivity contribution in [1.29, 1.82) is 0 Å². The SMILES string of the molecule is COC(=O)c1coc(CN[C@H](C)c2cccc(OC)c2)c1. The van der Waals surface area contributed by atoms with Gasteiger partial charge in [0.25, 0.3) is 0 Å². The predicted octanol–water partition coefficient (Wildman–Crippen LogP) is 2.93. The van der Waals surface area contributed by atoms with Gasteiger partial charge in [-0.3, -0.25) is 0 Å². The lowest BCUT2D eigenvalue weighted by molar-refractivity contribution is 0.0600. The van der Waals surface area contributed by atoms with E-state index in [1.165, 1.54) is 13.4 Å². The minimum Gasteiger partial charge on any atom is -0.497 e. The first-order chi connectivity index (χ1) is 10.1. The predicted molar refractivity (Wildman–Crippen MR) is 78.3 cm³/mol. The minimum atomic E-state index is -0.397. The zero-order chi connectivity index (χ0) is 15.2. The number of esters is 1. The largest absolute Gasteiger partial charge is 0.497 e. The molecule has 1 aromatic carbocycles. The van der Waals surface area contributed by atoms with Crippen LogP contribution in [0.3, 0.4) is 0 Å². The molecule has 0 spiro atoms. The molecule has 0 saturated carbocycles. The van der Waals surface area contributed by atoms with Crippen molar-refractivity contribution >= 4 is 5.97 Å². The maximum atomic E-state index is 11.3. The Bertz CT molecular complexity index is 606. The second-order valence-electron chi connectivity index (χ2n) is 4.67. The maximum Gasteiger partial charge on any atom is 0.341 e. The summed E-state index contributed by atoms with van der Waals surface area (Å²) in [6.07, 6.45) is 1.40. The summed E-state index contributed by atoms with van der Waals surface area (Å²) in [5.74, 6) is 1.11. The summed E-state index contributed by atoms with van der Waals surface area (Å²) in [6.45, 7) is 2.58. The van der Waals surface area contributed by atoms with Crippen LogP contribution >= 0.6 is 0 Å². The molecule has 0 amide bonds. The lowest BCUT2D eigenvalue weighted by atomic mass is 10.1. The lowest BCUT2D eigenvalue weighted by Gasteiger charge is -2.14. The van der Waals surface area contributed by atoms with Crippen LogP contribution in [-0.2, 0) is 11.3 Å². The minimum absolute atomic E-state index is 0.131. The second kappa shape index (κ2) is 6.95. The van der Waals surface area contributed by atoms with Crippen LogP contribution in [0.5, 0.6) is 5.75 Å². The average molecular weight is 289 g/mol. The molecule has 5 nitrogen and oxygen atoms in total. The van der Waals surface area contributed by atoms with Crippen LogP contribution in [0, 0.1) is 0 Å². The smallest absolute Gasteiger partial charge is 0.341 e. The van der Waals surface area contributed by atoms with Crippen LogP contribution in [-0.4, -0.2) is 20.2 Å². The van der Waals surface area contributed by atoms with Crippen molar-refractivity contribution in [2.45, 2.75) is 19.5 Å². The second-order valence-corrected chi connectivity index (χ2v) is 4.67. The Morgan fingerprint density at radius 1 is 1.33 bits per heavy atom. The monoisotopic (exact) mass is 289 g/mol. The summed E-state index contributed by atoms with van der Waals surface area (Å²) < 4.78 is 15.2. The Morgan fingerprint density at radius 2 is 2.14 bits per heavy atom. The van der Waals surface area contributed by atoms with Crippen LogP contribution in [0.25, 0.3) is 0 Å². The van der Waals surface area contributed by atoms with Gasteiger partial charge in [0, 0.05) is 6.04 Å². The number of rotatable bonds is 6. The molecule has 0 radical (unpaired) electrons. The summed E-state index contributed by atoms with van der Waals surface area (Å²) in [6, 6.07) is 9.69. The molecule has 5 heteroatoms. The van der Waals surface area contributed by atoms with Crippen molar-refractivity contribution in [3.63, 3.8) is 0 Å². The molecule has 0 unspecified atom stereocenters. The van der Waals surface area contributed by atoms with Gasteiger partial charge in [0.15, 0.2) is 0 Å². The molecule has 1 aromatic heterocycles. The third kappa shape index (κ3) is 3.86. The Kier molecular flexibility index (Phi) is 5.00. The molecule has 0 bridgehead atoms. The van der Waals surface area contributed by atoms with Crippen LogP contribution in [0.15, 0.2) is 41.0 Å². The fourth-order valence-electron chi connectivity index (χ4n) is 1.98. The van der Waals surface area contributed by atoms with Crippen molar-refractivity contribution in [3.8, 4) is 5.75 Å². The van der Waals surface area contributed by atoms with Crippen LogP contribution < -0.4 is 10.1 Å². The number of ether oxygens (including phenoxy) is 2. The van der Waals surface area contributed by atoms with Gasteiger partial charge in [-0.2, -0.15) is 0 Å². The van der Waals surface area contributed by atoms with E-state index >= 15 is 0 Å². The first-order valence-electron chi connectivity index (χ1n) is 6.67. The van der Waals surface area contributed by atoms with Crippen LogP contribution in [0.1, 0.15) is 34.6 Å². The van der Waals surface area contributed by atoms with E-state index in [0.717, 1.165) is 11.3 Å². The molecular weight excluding hydrogens is 270 g/mol. The summed E-state index contributed by atoms with van der Waals surface area (Å²) in [5, 5.41) is 3.34. The zero-order valence-corrected chi connectivity index (χ0v) is 12.4. The number of nitrogens with one attached hydrogen (secondary N) is 1. The van der Waals surface area contributed by atoms with Crippen LogP contribution in [0.4, 0.5) is 0 Å². The number of methoxy groups -OCH3 is 2. The van der Waals surface area contributed by atoms with Gasteiger partial charge >= 0.3 is 5.97 Å². The molecule has 1 atom stereocenters. The van der Waals surface area contributed by atoms with Crippen molar-refractivity contribution in [2.75, 3.05) is 14.2 Å². The quantitative estimate of drug-likeness (QED) is 0.828. The number of carbonyl (C=O) groups is 1. The Labute approximate surface area is 123 Å². The molecule has 0 aliphatic carbocycles. The Hall–Kier alpha value is -2.27. The molecule has 112 valence electrons. The van der Waals surface area contributed by atoms with E-state index in [-0.39, 0.29) is 6.04 Å². The molecule has 2 aromatic rings. The number of carbonyl (C=O) groups excluding carboxylic acids is 1. The van der Waals surface area contributed by atoms with E-state index in [1.807, 2.05) is 24.3 Å². The van der Waals surface area contributed by atoms with Gasteiger partial charge in [0.05, 0.1) is 26.3 Å². The van der Waals surface area contributed by atoms with E-state index < -0.39 is 5.97 Å². The van der Waals surface area contributed by atoms with E-state index in [2.05, 4.69) is 17.0 Å². The van der Waals surface area contributed by atoms with Gasteiger partial charge in [-0.05, 0) is 30.7 Å². The van der Waals surface area contributed by atoms with E-state index in [9.17, 15) is 4.79 Å². The molecule has 1 N–H and O–H groups in total. The average Bonchev–Trinajstić information content (AvgIpc) is 3.00. The number of hydrogen-bond acceptors (Lipinski definition) is 5. The highest BCUT2D eigenvalue weighted by atomic mass is 16.5. The summed E-state index contributed by atoms with van der Waals surface area (Å²) >= 11 is 0. The summed E-state index contributed by atoms with van der Waals surface area (Å²) in [4.78, 5) is 11.3. The number of benzene rings is 1. The van der Waals surface area contributed by atoms with Gasteiger partial charge in [-0.1, -0.05) is 12.1 Å².